The van der Waals surface area contributed by atoms with Gasteiger partial charge in [0.1, 0.15) is 5.82 Å². The van der Waals surface area contributed by atoms with E-state index in [4.69, 9.17) is 0 Å². The van der Waals surface area contributed by atoms with E-state index in [1.165, 1.54) is 25.3 Å². The predicted octanol–water partition coefficient (Wildman–Crippen LogP) is 3.41. The molecule has 2 rings (SSSR count). The first-order chi connectivity index (χ1) is 9.63. The molecule has 2 atom stereocenters. The highest BCUT2D eigenvalue weighted by atomic mass is 16.6. The van der Waals surface area contributed by atoms with Crippen molar-refractivity contribution < 1.29 is 4.92 Å². The van der Waals surface area contributed by atoms with Crippen LogP contribution < -0.4 is 10.6 Å². The van der Waals surface area contributed by atoms with Crippen LogP contribution in [0.1, 0.15) is 39.0 Å². The second-order valence-corrected chi connectivity index (χ2v) is 5.35. The molecule has 0 bridgehead atoms. The number of aromatic nitrogens is 1. The second-order valence-electron chi connectivity index (χ2n) is 5.35. The van der Waals surface area contributed by atoms with Crippen LogP contribution in [0.15, 0.2) is 12.1 Å². The minimum atomic E-state index is -0.380. The van der Waals surface area contributed by atoms with Crippen LogP contribution in [0, 0.1) is 16.0 Å². The number of hydrogen-bond acceptors (Lipinski definition) is 5. The summed E-state index contributed by atoms with van der Waals surface area (Å²) in [6, 6.07) is 3.41. The van der Waals surface area contributed by atoms with Gasteiger partial charge in [-0.05, 0) is 24.8 Å². The summed E-state index contributed by atoms with van der Waals surface area (Å²) in [6.07, 6.45) is 5.74. The van der Waals surface area contributed by atoms with Crippen LogP contribution in [0.2, 0.25) is 0 Å². The lowest BCUT2D eigenvalue weighted by atomic mass is 9.84. The van der Waals surface area contributed by atoms with Crippen molar-refractivity contribution >= 4 is 17.3 Å². The standard InChI is InChI=1S/C14H22N4O2/c1-3-10-5-4-6-11(9-10)16-14-12(18(19)20)7-8-13(15-2)17-14/h7-8,10-11H,3-6,9H2,1-2H3,(H2,15,16,17). The highest BCUT2D eigenvalue weighted by molar-refractivity contribution is 5.60. The summed E-state index contributed by atoms with van der Waals surface area (Å²) < 4.78 is 0. The van der Waals surface area contributed by atoms with Gasteiger partial charge in [-0.1, -0.05) is 26.2 Å². The van der Waals surface area contributed by atoms with Gasteiger partial charge in [0.25, 0.3) is 0 Å². The van der Waals surface area contributed by atoms with Gasteiger partial charge in [0.2, 0.25) is 5.82 Å². The Morgan fingerprint density at radius 1 is 1.45 bits per heavy atom. The highest BCUT2D eigenvalue weighted by Gasteiger charge is 2.24. The lowest BCUT2D eigenvalue weighted by Gasteiger charge is -2.29. The SMILES string of the molecule is CCC1CCCC(Nc2nc(NC)ccc2[N+](=O)[O-])C1. The van der Waals surface area contributed by atoms with E-state index in [0.717, 1.165) is 12.8 Å². The van der Waals surface area contributed by atoms with E-state index in [2.05, 4.69) is 22.5 Å². The first kappa shape index (κ1) is 14.6. The molecule has 0 saturated heterocycles. The van der Waals surface area contributed by atoms with Crippen molar-refractivity contribution in [2.75, 3.05) is 17.7 Å². The summed E-state index contributed by atoms with van der Waals surface area (Å²) in [5.41, 5.74) is 0.0441. The van der Waals surface area contributed by atoms with Gasteiger partial charge < -0.3 is 10.6 Å². The van der Waals surface area contributed by atoms with Gasteiger partial charge in [-0.15, -0.1) is 0 Å². The molecule has 1 heterocycles. The third-order valence-corrected chi connectivity index (χ3v) is 4.03. The van der Waals surface area contributed by atoms with Crippen molar-refractivity contribution in [1.82, 2.24) is 4.98 Å². The number of rotatable bonds is 5. The van der Waals surface area contributed by atoms with E-state index in [1.54, 1.807) is 13.1 Å². The minimum absolute atomic E-state index is 0.0441. The van der Waals surface area contributed by atoms with Crippen LogP contribution in [0.3, 0.4) is 0 Å². The molecule has 2 N–H and O–H groups in total. The number of nitrogens with zero attached hydrogens (tertiary/aromatic N) is 2. The molecule has 1 aliphatic rings. The molecule has 0 aliphatic heterocycles. The lowest BCUT2D eigenvalue weighted by Crippen LogP contribution is -2.27. The Morgan fingerprint density at radius 2 is 2.25 bits per heavy atom. The zero-order chi connectivity index (χ0) is 14.5. The Hall–Kier alpha value is -1.85. The molecular formula is C14H22N4O2. The maximum absolute atomic E-state index is 11.1. The maximum atomic E-state index is 11.1. The maximum Gasteiger partial charge on any atom is 0.311 e. The molecule has 0 amide bonds. The highest BCUT2D eigenvalue weighted by Crippen LogP contribution is 2.31. The number of pyridine rings is 1. The molecule has 1 aromatic heterocycles. The lowest BCUT2D eigenvalue weighted by molar-refractivity contribution is -0.384. The Balaban J connectivity index is 2.16. The van der Waals surface area contributed by atoms with Crippen LogP contribution in [-0.4, -0.2) is 23.0 Å². The second kappa shape index (κ2) is 6.54. The van der Waals surface area contributed by atoms with Crippen molar-refractivity contribution in [1.29, 1.82) is 0 Å². The summed E-state index contributed by atoms with van der Waals surface area (Å²) in [7, 11) is 1.76. The fourth-order valence-corrected chi connectivity index (χ4v) is 2.83. The molecule has 1 aromatic rings. The quantitative estimate of drug-likeness (QED) is 0.637. The molecule has 6 heteroatoms. The van der Waals surface area contributed by atoms with Crippen molar-refractivity contribution in [3.63, 3.8) is 0 Å². The van der Waals surface area contributed by atoms with Crippen LogP contribution in [0.5, 0.6) is 0 Å². The van der Waals surface area contributed by atoms with E-state index in [1.807, 2.05) is 0 Å². The molecule has 1 fully saturated rings. The summed E-state index contributed by atoms with van der Waals surface area (Å²) in [5, 5.41) is 17.3. The number of hydrogen-bond donors (Lipinski definition) is 2. The predicted molar refractivity (Wildman–Crippen MR) is 80.1 cm³/mol. The molecule has 6 nitrogen and oxygen atoms in total. The van der Waals surface area contributed by atoms with E-state index < -0.39 is 0 Å². The van der Waals surface area contributed by atoms with E-state index in [0.29, 0.717) is 17.6 Å². The van der Waals surface area contributed by atoms with Crippen LogP contribution in [-0.2, 0) is 0 Å². The molecule has 2 unspecified atom stereocenters. The molecule has 1 saturated carbocycles. The molecule has 0 radical (unpaired) electrons. The smallest absolute Gasteiger partial charge is 0.311 e. The van der Waals surface area contributed by atoms with Crippen LogP contribution >= 0.6 is 0 Å². The average Bonchev–Trinajstić information content (AvgIpc) is 2.47. The van der Waals surface area contributed by atoms with E-state index in [9.17, 15) is 10.1 Å². The molecular weight excluding hydrogens is 256 g/mol. The van der Waals surface area contributed by atoms with Gasteiger partial charge in [0, 0.05) is 19.2 Å². The Bertz CT molecular complexity index is 478. The summed E-state index contributed by atoms with van der Waals surface area (Å²) >= 11 is 0. The van der Waals surface area contributed by atoms with E-state index >= 15 is 0 Å². The third kappa shape index (κ3) is 3.37. The number of anilines is 2. The number of nitro groups is 1. The Kier molecular flexibility index (Phi) is 4.76. The molecule has 0 spiro atoms. The molecule has 110 valence electrons. The van der Waals surface area contributed by atoms with Gasteiger partial charge in [0.05, 0.1) is 4.92 Å². The van der Waals surface area contributed by atoms with Crippen molar-refractivity contribution in [2.45, 2.75) is 45.1 Å². The first-order valence-corrected chi connectivity index (χ1v) is 7.23. The van der Waals surface area contributed by atoms with Crippen LogP contribution in [0.4, 0.5) is 17.3 Å². The topological polar surface area (TPSA) is 80.1 Å². The zero-order valence-electron chi connectivity index (χ0n) is 12.1. The van der Waals surface area contributed by atoms with Gasteiger partial charge >= 0.3 is 5.69 Å². The molecule has 20 heavy (non-hydrogen) atoms. The first-order valence-electron chi connectivity index (χ1n) is 7.23. The van der Waals surface area contributed by atoms with Gasteiger partial charge in [-0.2, -0.15) is 0 Å². The molecule has 0 aromatic carbocycles. The molecule has 1 aliphatic carbocycles. The summed E-state index contributed by atoms with van der Waals surface area (Å²) in [5.74, 6) is 1.73. The average molecular weight is 278 g/mol. The fraction of sp³-hybridized carbons (Fsp3) is 0.643. The third-order valence-electron chi connectivity index (χ3n) is 4.03. The Morgan fingerprint density at radius 3 is 2.90 bits per heavy atom. The van der Waals surface area contributed by atoms with E-state index in [-0.39, 0.29) is 16.7 Å². The van der Waals surface area contributed by atoms with Gasteiger partial charge in [-0.3, -0.25) is 10.1 Å². The zero-order valence-corrected chi connectivity index (χ0v) is 12.1. The van der Waals surface area contributed by atoms with Gasteiger partial charge in [0.15, 0.2) is 0 Å². The largest absolute Gasteiger partial charge is 0.373 e. The summed E-state index contributed by atoms with van der Waals surface area (Å²) in [6.45, 7) is 2.20. The fourth-order valence-electron chi connectivity index (χ4n) is 2.83. The van der Waals surface area contributed by atoms with Gasteiger partial charge in [-0.25, -0.2) is 4.98 Å². The van der Waals surface area contributed by atoms with Crippen LogP contribution in [0.25, 0.3) is 0 Å². The summed E-state index contributed by atoms with van der Waals surface area (Å²) in [4.78, 5) is 15.0. The van der Waals surface area contributed by atoms with Crippen molar-refractivity contribution in [2.24, 2.45) is 5.92 Å². The number of nitrogens with one attached hydrogen (secondary N) is 2. The monoisotopic (exact) mass is 278 g/mol. The van der Waals surface area contributed by atoms with Crippen molar-refractivity contribution in [3.8, 4) is 0 Å². The minimum Gasteiger partial charge on any atom is -0.373 e. The normalized spacial score (nSPS) is 22.3. The Labute approximate surface area is 119 Å². The van der Waals surface area contributed by atoms with Crippen molar-refractivity contribution in [3.05, 3.63) is 22.2 Å².